The maximum Gasteiger partial charge on any atom is 0.409 e. The summed E-state index contributed by atoms with van der Waals surface area (Å²) in [6.07, 6.45) is 8.01. The molecule has 0 aromatic carbocycles. The molecule has 162 valence electrons. The number of aliphatic hydroxyl groups excluding tert-OH is 1. The molecule has 0 bridgehead atoms. The molecule has 0 radical (unpaired) electrons. The number of aromatic nitrogens is 2. The molecule has 1 spiro atoms. The highest BCUT2D eigenvalue weighted by Gasteiger charge is 2.51. The van der Waals surface area contributed by atoms with Gasteiger partial charge in [0.25, 0.3) is 0 Å². The summed E-state index contributed by atoms with van der Waals surface area (Å²) >= 11 is 0. The first-order chi connectivity index (χ1) is 14.0. The zero-order valence-corrected chi connectivity index (χ0v) is 17.6. The summed E-state index contributed by atoms with van der Waals surface area (Å²) in [5.74, 6) is 1.28. The van der Waals surface area contributed by atoms with Gasteiger partial charge in [-0.3, -0.25) is 4.57 Å². The predicted octanol–water partition coefficient (Wildman–Crippen LogP) is 2.56. The lowest BCUT2D eigenvalue weighted by atomic mass is 9.64. The number of likely N-dealkylation sites (tertiary alicyclic amines) is 2. The molecule has 8 nitrogen and oxygen atoms in total. The van der Waals surface area contributed by atoms with E-state index in [1.165, 1.54) is 12.8 Å². The van der Waals surface area contributed by atoms with Gasteiger partial charge in [0.2, 0.25) is 6.41 Å². The summed E-state index contributed by atoms with van der Waals surface area (Å²) in [4.78, 5) is 21.0. The zero-order valence-electron chi connectivity index (χ0n) is 17.6. The summed E-state index contributed by atoms with van der Waals surface area (Å²) in [6.45, 7) is 8.45. The number of carbonyl (C=O) groups excluding carboxylic acids is 1. The highest BCUT2D eigenvalue weighted by atomic mass is 16.6. The van der Waals surface area contributed by atoms with Gasteiger partial charge < -0.3 is 24.4 Å². The van der Waals surface area contributed by atoms with Crippen molar-refractivity contribution < 1.29 is 19.4 Å². The van der Waals surface area contributed by atoms with Gasteiger partial charge in [-0.05, 0) is 64.5 Å². The molecule has 3 aliphatic rings. The number of nitrogens with zero attached hydrogens (tertiary/aromatic N) is 4. The molecule has 29 heavy (non-hydrogen) atoms. The third-order valence-electron chi connectivity index (χ3n) is 6.97. The van der Waals surface area contributed by atoms with Crippen molar-refractivity contribution >= 4 is 6.09 Å². The maximum atomic E-state index is 12.0. The van der Waals surface area contributed by atoms with Crippen molar-refractivity contribution in [2.45, 2.75) is 64.3 Å². The van der Waals surface area contributed by atoms with Gasteiger partial charge in [-0.2, -0.15) is 0 Å². The van der Waals surface area contributed by atoms with E-state index in [9.17, 15) is 9.90 Å². The van der Waals surface area contributed by atoms with Crippen molar-refractivity contribution in [2.24, 2.45) is 5.41 Å². The van der Waals surface area contributed by atoms with Crippen LogP contribution in [0.25, 0.3) is 0 Å². The molecule has 1 aromatic rings. The molecule has 1 aliphatic carbocycles. The third-order valence-corrected chi connectivity index (χ3v) is 6.97. The van der Waals surface area contributed by atoms with Crippen LogP contribution in [0.1, 0.15) is 64.1 Å². The van der Waals surface area contributed by atoms with E-state index < -0.39 is 6.41 Å². The van der Waals surface area contributed by atoms with Crippen molar-refractivity contribution in [1.29, 1.82) is 0 Å². The molecule has 2 aliphatic heterocycles. The van der Waals surface area contributed by atoms with Crippen LogP contribution in [-0.2, 0) is 9.47 Å². The quantitative estimate of drug-likeness (QED) is 0.732. The Morgan fingerprint density at radius 1 is 1.28 bits per heavy atom. The number of hydrogen-bond acceptors (Lipinski definition) is 6. The molecule has 2 saturated heterocycles. The van der Waals surface area contributed by atoms with Crippen LogP contribution < -0.4 is 0 Å². The summed E-state index contributed by atoms with van der Waals surface area (Å²) in [6, 6.07) is 0.631. The van der Waals surface area contributed by atoms with E-state index >= 15 is 0 Å². The molecule has 1 N–H and O–H groups in total. The largest absolute Gasteiger partial charge is 0.450 e. The van der Waals surface area contributed by atoms with Gasteiger partial charge in [0.1, 0.15) is 5.82 Å². The van der Waals surface area contributed by atoms with Crippen LogP contribution >= 0.6 is 0 Å². The van der Waals surface area contributed by atoms with E-state index in [0.717, 1.165) is 51.3 Å². The zero-order chi connectivity index (χ0) is 20.4. The second-order valence-electron chi connectivity index (χ2n) is 8.72. The molecule has 1 unspecified atom stereocenters. The number of rotatable bonds is 6. The lowest BCUT2D eigenvalue weighted by Crippen LogP contribution is -2.54. The second-order valence-corrected chi connectivity index (χ2v) is 8.72. The Hall–Kier alpha value is -1.64. The van der Waals surface area contributed by atoms with Gasteiger partial charge in [0.15, 0.2) is 0 Å². The van der Waals surface area contributed by atoms with Gasteiger partial charge >= 0.3 is 6.09 Å². The Morgan fingerprint density at radius 3 is 2.72 bits per heavy atom. The van der Waals surface area contributed by atoms with Crippen molar-refractivity contribution in [1.82, 2.24) is 19.4 Å². The van der Waals surface area contributed by atoms with Crippen LogP contribution in [0.15, 0.2) is 12.4 Å². The molecule has 1 aromatic heterocycles. The number of piperidine rings is 1. The first-order valence-corrected chi connectivity index (χ1v) is 11.0. The van der Waals surface area contributed by atoms with Gasteiger partial charge in [0.05, 0.1) is 6.61 Å². The third kappa shape index (κ3) is 4.15. The monoisotopic (exact) mass is 406 g/mol. The fraction of sp³-hybridized carbons (Fsp3) is 0.810. The maximum absolute atomic E-state index is 12.0. The van der Waals surface area contributed by atoms with Crippen molar-refractivity contribution in [2.75, 3.05) is 39.4 Å². The first kappa shape index (κ1) is 20.6. The number of carbonyl (C=O) groups is 1. The highest BCUT2D eigenvalue weighted by Crippen LogP contribution is 2.51. The number of aliphatic hydroxyl groups is 1. The smallest absolute Gasteiger partial charge is 0.409 e. The summed E-state index contributed by atoms with van der Waals surface area (Å²) in [5, 5.41) is 10.2. The Bertz CT molecular complexity index is 695. The average Bonchev–Trinajstić information content (AvgIpc) is 3.35. The SMILES string of the molecule is CCOC(=O)N1CCC2(CC(N3CCC(c4nccn4C(O)OCC)CC3)C2)C1. The van der Waals surface area contributed by atoms with Gasteiger partial charge in [-0.1, -0.05) is 0 Å². The van der Waals surface area contributed by atoms with Gasteiger partial charge in [-0.15, -0.1) is 0 Å². The Labute approximate surface area is 172 Å². The van der Waals surface area contributed by atoms with E-state index in [4.69, 9.17) is 9.47 Å². The molecular weight excluding hydrogens is 372 g/mol. The van der Waals surface area contributed by atoms with Crippen molar-refractivity contribution in [3.05, 3.63) is 18.2 Å². The second kappa shape index (κ2) is 8.62. The van der Waals surface area contributed by atoms with E-state index in [1.807, 2.05) is 18.7 Å². The number of hydrogen-bond donors (Lipinski definition) is 1. The Balaban J connectivity index is 1.26. The molecular formula is C21H34N4O4. The van der Waals surface area contributed by atoms with E-state index in [2.05, 4.69) is 9.88 Å². The fourth-order valence-corrected chi connectivity index (χ4v) is 5.42. The Morgan fingerprint density at radius 2 is 2.03 bits per heavy atom. The normalized spacial score (nSPS) is 29.2. The van der Waals surface area contributed by atoms with Crippen LogP contribution in [0.2, 0.25) is 0 Å². The minimum Gasteiger partial charge on any atom is -0.450 e. The lowest BCUT2D eigenvalue weighted by molar-refractivity contribution is -0.151. The standard InChI is InChI=1S/C21H34N4O4/c1-3-28-19(26)24-11-7-21(15-24)13-17(14-21)23-9-5-16(6-10-23)18-22-8-12-25(18)20(27)29-4-2/h8,12,16-17,20,27H,3-7,9-11,13-15H2,1-2H3. The summed E-state index contributed by atoms with van der Waals surface area (Å²) in [5.41, 5.74) is 0.312. The first-order valence-electron chi connectivity index (χ1n) is 11.0. The van der Waals surface area contributed by atoms with Crippen molar-refractivity contribution in [3.8, 4) is 0 Å². The number of ether oxygens (including phenoxy) is 2. The molecule has 1 atom stereocenters. The van der Waals surface area contributed by atoms with Crippen LogP contribution in [0.4, 0.5) is 4.79 Å². The van der Waals surface area contributed by atoms with Crippen LogP contribution in [0, 0.1) is 5.41 Å². The molecule has 4 rings (SSSR count). The van der Waals surface area contributed by atoms with E-state index in [-0.39, 0.29) is 6.09 Å². The van der Waals surface area contributed by atoms with E-state index in [0.29, 0.717) is 30.6 Å². The van der Waals surface area contributed by atoms with Crippen LogP contribution in [-0.4, -0.2) is 76.0 Å². The minimum atomic E-state index is -0.952. The molecule has 1 amide bonds. The summed E-state index contributed by atoms with van der Waals surface area (Å²) < 4.78 is 12.2. The number of imidazole rings is 1. The fourth-order valence-electron chi connectivity index (χ4n) is 5.42. The summed E-state index contributed by atoms with van der Waals surface area (Å²) in [7, 11) is 0. The number of amides is 1. The minimum absolute atomic E-state index is 0.154. The van der Waals surface area contributed by atoms with Crippen LogP contribution in [0.5, 0.6) is 0 Å². The highest BCUT2D eigenvalue weighted by molar-refractivity contribution is 5.68. The van der Waals surface area contributed by atoms with E-state index in [1.54, 1.807) is 17.0 Å². The molecule has 3 heterocycles. The average molecular weight is 407 g/mol. The van der Waals surface area contributed by atoms with Gasteiger partial charge in [-0.25, -0.2) is 9.78 Å². The topological polar surface area (TPSA) is 80.1 Å². The lowest BCUT2D eigenvalue weighted by Gasteiger charge is -2.51. The Kier molecular flexibility index (Phi) is 6.13. The van der Waals surface area contributed by atoms with Gasteiger partial charge in [0, 0.05) is 44.0 Å². The van der Waals surface area contributed by atoms with Crippen molar-refractivity contribution in [3.63, 3.8) is 0 Å². The van der Waals surface area contributed by atoms with Crippen LogP contribution in [0.3, 0.4) is 0 Å². The molecule has 1 saturated carbocycles. The predicted molar refractivity (Wildman–Crippen MR) is 107 cm³/mol. The molecule has 3 fully saturated rings. The molecule has 8 heteroatoms.